The van der Waals surface area contributed by atoms with Gasteiger partial charge in [-0.05, 0) is 6.92 Å². The number of aliphatic imine (C=N–C) groups is 2. The summed E-state index contributed by atoms with van der Waals surface area (Å²) in [6, 6.07) is 0. The Bertz CT molecular complexity index is 98.4. The second-order valence-corrected chi connectivity index (χ2v) is 1.19. The zero-order chi connectivity index (χ0) is 8.24. The Morgan fingerprint density at radius 3 is 2.10 bits per heavy atom. The first-order chi connectivity index (χ1) is 4.91. The SMILES string of the molecule is C/C=C\N=CC=NC.CC. The second-order valence-electron chi connectivity index (χ2n) is 1.19. The lowest BCUT2D eigenvalue weighted by Crippen LogP contribution is -1.69. The van der Waals surface area contributed by atoms with Gasteiger partial charge in [0.2, 0.25) is 0 Å². The molecule has 0 bridgehead atoms. The zero-order valence-corrected chi connectivity index (χ0v) is 7.20. The van der Waals surface area contributed by atoms with Crippen LogP contribution in [0, 0.1) is 0 Å². The molecule has 0 N–H and O–H groups in total. The van der Waals surface area contributed by atoms with Crippen LogP contribution in [-0.2, 0) is 0 Å². The van der Waals surface area contributed by atoms with Crippen LogP contribution in [0.25, 0.3) is 0 Å². The third-order valence-electron chi connectivity index (χ3n) is 0.537. The summed E-state index contributed by atoms with van der Waals surface area (Å²) in [6.45, 7) is 5.92. The second kappa shape index (κ2) is 15.7. The Kier molecular flexibility index (Phi) is 18.6. The lowest BCUT2D eigenvalue weighted by molar-refractivity contribution is 1.48. The fraction of sp³-hybridized carbons (Fsp3) is 0.500. The van der Waals surface area contributed by atoms with Crippen LogP contribution in [0.3, 0.4) is 0 Å². The van der Waals surface area contributed by atoms with Crippen molar-refractivity contribution in [2.75, 3.05) is 7.05 Å². The van der Waals surface area contributed by atoms with Crippen LogP contribution in [0.2, 0.25) is 0 Å². The van der Waals surface area contributed by atoms with Crippen molar-refractivity contribution in [1.29, 1.82) is 0 Å². The van der Waals surface area contributed by atoms with Crippen LogP contribution in [0.15, 0.2) is 22.3 Å². The van der Waals surface area contributed by atoms with E-state index >= 15 is 0 Å². The van der Waals surface area contributed by atoms with E-state index in [1.807, 2.05) is 26.8 Å². The van der Waals surface area contributed by atoms with Crippen molar-refractivity contribution in [3.8, 4) is 0 Å². The third-order valence-corrected chi connectivity index (χ3v) is 0.537. The smallest absolute Gasteiger partial charge is 0.0446 e. The van der Waals surface area contributed by atoms with Crippen LogP contribution >= 0.6 is 0 Å². The predicted octanol–water partition coefficient (Wildman–Crippen LogP) is 2.32. The van der Waals surface area contributed by atoms with Crippen molar-refractivity contribution in [3.05, 3.63) is 12.3 Å². The zero-order valence-electron chi connectivity index (χ0n) is 7.20. The van der Waals surface area contributed by atoms with Gasteiger partial charge < -0.3 is 0 Å². The fourth-order valence-corrected chi connectivity index (χ4v) is 0.241. The molecule has 10 heavy (non-hydrogen) atoms. The van der Waals surface area contributed by atoms with E-state index in [4.69, 9.17) is 0 Å². The fourth-order valence-electron chi connectivity index (χ4n) is 0.241. The van der Waals surface area contributed by atoms with E-state index in [0.717, 1.165) is 0 Å². The standard InChI is InChI=1S/C6H10N2.C2H6/c1-3-4-8-6-5-7-2;1-2/h3-6H,1-2H3;1-2H3/b4-3-,7-5?,8-6?;. The summed E-state index contributed by atoms with van der Waals surface area (Å²) >= 11 is 0. The van der Waals surface area contributed by atoms with Crippen LogP contribution in [0.4, 0.5) is 0 Å². The van der Waals surface area contributed by atoms with E-state index in [1.165, 1.54) is 0 Å². The minimum atomic E-state index is 1.64. The summed E-state index contributed by atoms with van der Waals surface area (Å²) < 4.78 is 0. The molecule has 0 atom stereocenters. The number of hydrogen-bond donors (Lipinski definition) is 0. The van der Waals surface area contributed by atoms with Crippen molar-refractivity contribution >= 4 is 12.4 Å². The first-order valence-electron chi connectivity index (χ1n) is 3.47. The van der Waals surface area contributed by atoms with Crippen LogP contribution in [-0.4, -0.2) is 19.5 Å². The molecule has 2 heteroatoms. The van der Waals surface area contributed by atoms with Gasteiger partial charge in [-0.15, -0.1) is 0 Å². The molecule has 0 aromatic rings. The van der Waals surface area contributed by atoms with E-state index in [1.54, 1.807) is 25.7 Å². The van der Waals surface area contributed by atoms with E-state index in [-0.39, 0.29) is 0 Å². The van der Waals surface area contributed by atoms with Gasteiger partial charge in [0.25, 0.3) is 0 Å². The summed E-state index contributed by atoms with van der Waals surface area (Å²) in [5, 5.41) is 0. The Hall–Kier alpha value is -0.920. The van der Waals surface area contributed by atoms with Crippen LogP contribution in [0.1, 0.15) is 20.8 Å². The molecule has 0 aliphatic rings. The maximum Gasteiger partial charge on any atom is 0.0446 e. The van der Waals surface area contributed by atoms with E-state index in [0.29, 0.717) is 0 Å². The summed E-state index contributed by atoms with van der Waals surface area (Å²) in [7, 11) is 1.71. The van der Waals surface area contributed by atoms with Gasteiger partial charge in [0.15, 0.2) is 0 Å². The average molecular weight is 140 g/mol. The topological polar surface area (TPSA) is 24.7 Å². The highest BCUT2D eigenvalue weighted by Gasteiger charge is 1.56. The molecular weight excluding hydrogens is 124 g/mol. The van der Waals surface area contributed by atoms with Crippen molar-refractivity contribution in [3.63, 3.8) is 0 Å². The van der Waals surface area contributed by atoms with Gasteiger partial charge in [0.05, 0.1) is 0 Å². The molecule has 0 spiro atoms. The molecule has 0 radical (unpaired) electrons. The van der Waals surface area contributed by atoms with Crippen molar-refractivity contribution in [1.82, 2.24) is 0 Å². The lowest BCUT2D eigenvalue weighted by atomic mass is 10.7. The summed E-state index contributed by atoms with van der Waals surface area (Å²) in [5.74, 6) is 0. The summed E-state index contributed by atoms with van der Waals surface area (Å²) in [4.78, 5) is 7.52. The molecule has 0 saturated carbocycles. The Labute approximate surface area is 63.4 Å². The molecule has 0 unspecified atom stereocenters. The molecule has 0 saturated heterocycles. The van der Waals surface area contributed by atoms with E-state index < -0.39 is 0 Å². The van der Waals surface area contributed by atoms with Gasteiger partial charge in [-0.3, -0.25) is 9.98 Å². The van der Waals surface area contributed by atoms with Crippen LogP contribution < -0.4 is 0 Å². The van der Waals surface area contributed by atoms with Gasteiger partial charge >= 0.3 is 0 Å². The molecule has 0 rings (SSSR count). The first-order valence-corrected chi connectivity index (χ1v) is 3.47. The monoisotopic (exact) mass is 140 g/mol. The summed E-state index contributed by atoms with van der Waals surface area (Å²) in [5.41, 5.74) is 0. The Balaban J connectivity index is 0. The van der Waals surface area contributed by atoms with Crippen molar-refractivity contribution in [2.45, 2.75) is 20.8 Å². The molecule has 0 aromatic heterocycles. The minimum Gasteiger partial charge on any atom is -0.295 e. The molecule has 0 amide bonds. The van der Waals surface area contributed by atoms with E-state index in [9.17, 15) is 0 Å². The third kappa shape index (κ3) is 15.7. The molecule has 0 fully saturated rings. The predicted molar refractivity (Wildman–Crippen MR) is 49.1 cm³/mol. The minimum absolute atomic E-state index is 1.64. The highest BCUT2D eigenvalue weighted by molar-refractivity contribution is 6.16. The van der Waals surface area contributed by atoms with Gasteiger partial charge in [-0.2, -0.15) is 0 Å². The maximum atomic E-state index is 3.82. The molecular formula is C8H16N2. The molecule has 0 aliphatic heterocycles. The normalized spacial score (nSPS) is 10.8. The number of hydrogen-bond acceptors (Lipinski definition) is 2. The highest BCUT2D eigenvalue weighted by atomic mass is 14.7. The molecule has 0 aromatic carbocycles. The average Bonchev–Trinajstić information content (AvgIpc) is 2.02. The first kappa shape index (κ1) is 11.8. The molecule has 58 valence electrons. The Morgan fingerprint density at radius 2 is 1.70 bits per heavy atom. The van der Waals surface area contributed by atoms with Crippen LogP contribution in [0.5, 0.6) is 0 Å². The lowest BCUT2D eigenvalue weighted by Gasteiger charge is -1.69. The largest absolute Gasteiger partial charge is 0.295 e. The molecule has 0 aliphatic carbocycles. The van der Waals surface area contributed by atoms with Gasteiger partial charge in [0.1, 0.15) is 0 Å². The highest BCUT2D eigenvalue weighted by Crippen LogP contribution is 1.67. The molecule has 2 nitrogen and oxygen atoms in total. The maximum absolute atomic E-state index is 3.82. The number of rotatable bonds is 2. The van der Waals surface area contributed by atoms with Crippen molar-refractivity contribution in [2.24, 2.45) is 9.98 Å². The Morgan fingerprint density at radius 1 is 1.10 bits per heavy atom. The van der Waals surface area contributed by atoms with Gasteiger partial charge in [0, 0.05) is 25.7 Å². The summed E-state index contributed by atoms with van der Waals surface area (Å²) in [6.07, 6.45) is 6.85. The number of allylic oxidation sites excluding steroid dienone is 1. The quantitative estimate of drug-likeness (QED) is 0.526. The van der Waals surface area contributed by atoms with Gasteiger partial charge in [-0.1, -0.05) is 19.9 Å². The molecule has 0 heterocycles. The van der Waals surface area contributed by atoms with E-state index in [2.05, 4.69) is 9.98 Å². The van der Waals surface area contributed by atoms with Crippen molar-refractivity contribution < 1.29 is 0 Å². The van der Waals surface area contributed by atoms with Gasteiger partial charge in [-0.25, -0.2) is 0 Å². The number of nitrogens with zero attached hydrogens (tertiary/aromatic N) is 2.